The van der Waals surface area contributed by atoms with Gasteiger partial charge in [-0.05, 0) is 44.2 Å². The first-order chi connectivity index (χ1) is 14.7. The maximum atomic E-state index is 13.1. The van der Waals surface area contributed by atoms with Gasteiger partial charge >= 0.3 is 0 Å². The third-order valence-electron chi connectivity index (χ3n) is 5.93. The number of hydrogen-bond donors (Lipinski definition) is 0. The third kappa shape index (κ3) is 4.50. The van der Waals surface area contributed by atoms with Gasteiger partial charge in [0, 0.05) is 26.1 Å². The maximum absolute atomic E-state index is 13.1. The average molecular weight is 445 g/mol. The SMILES string of the molecule is CCc1ccc([C@H](C#N)N(C)C(=O)C2CCN(S(=O)(=O)c3c(C)noc3C)CC2)cc1. The number of aryl methyl sites for hydroxylation is 3. The number of sulfonamides is 1. The van der Waals surface area contributed by atoms with Crippen molar-refractivity contribution in [3.8, 4) is 6.07 Å². The number of hydrogen-bond acceptors (Lipinski definition) is 6. The summed E-state index contributed by atoms with van der Waals surface area (Å²) in [4.78, 5) is 14.7. The van der Waals surface area contributed by atoms with E-state index in [2.05, 4.69) is 18.1 Å². The van der Waals surface area contributed by atoms with Gasteiger partial charge in [0.25, 0.3) is 0 Å². The molecule has 0 bridgehead atoms. The van der Waals surface area contributed by atoms with Crippen molar-refractivity contribution >= 4 is 15.9 Å². The molecule has 0 saturated carbocycles. The molecule has 1 aromatic heterocycles. The van der Waals surface area contributed by atoms with Gasteiger partial charge in [0.05, 0.1) is 6.07 Å². The second-order valence-electron chi connectivity index (χ2n) is 7.91. The zero-order chi connectivity index (χ0) is 22.8. The number of nitrogens with zero attached hydrogens (tertiary/aromatic N) is 4. The van der Waals surface area contributed by atoms with Crippen LogP contribution in [0.2, 0.25) is 0 Å². The Bertz CT molecular complexity index is 1060. The third-order valence-corrected chi connectivity index (χ3v) is 8.07. The standard InChI is InChI=1S/C22H28N4O4S/c1-5-17-6-8-18(9-7-17)20(14-23)25(4)22(27)19-10-12-26(13-11-19)31(28,29)21-15(2)24-30-16(21)3/h6-9,19-20H,5,10-13H2,1-4H3/t20-/m0/s1. The summed E-state index contributed by atoms with van der Waals surface area (Å²) in [6.07, 6.45) is 1.71. The Morgan fingerprint density at radius 3 is 2.39 bits per heavy atom. The first-order valence-electron chi connectivity index (χ1n) is 10.4. The molecule has 0 aliphatic carbocycles. The zero-order valence-electron chi connectivity index (χ0n) is 18.3. The molecule has 9 heteroatoms. The molecule has 2 heterocycles. The van der Waals surface area contributed by atoms with Gasteiger partial charge in [0.2, 0.25) is 15.9 Å². The first-order valence-corrected chi connectivity index (χ1v) is 11.8. The minimum atomic E-state index is -3.72. The topological polar surface area (TPSA) is 108 Å². The van der Waals surface area contributed by atoms with E-state index in [0.29, 0.717) is 18.5 Å². The maximum Gasteiger partial charge on any atom is 0.248 e. The van der Waals surface area contributed by atoms with E-state index in [-0.39, 0.29) is 35.6 Å². The lowest BCUT2D eigenvalue weighted by molar-refractivity contribution is -0.136. The molecule has 1 saturated heterocycles. The summed E-state index contributed by atoms with van der Waals surface area (Å²) < 4.78 is 32.4. The summed E-state index contributed by atoms with van der Waals surface area (Å²) in [5.41, 5.74) is 2.27. The quantitative estimate of drug-likeness (QED) is 0.678. The van der Waals surface area contributed by atoms with Crippen LogP contribution < -0.4 is 0 Å². The average Bonchev–Trinajstić information content (AvgIpc) is 3.12. The van der Waals surface area contributed by atoms with Gasteiger partial charge in [-0.2, -0.15) is 9.57 Å². The number of piperidine rings is 1. The molecule has 31 heavy (non-hydrogen) atoms. The fourth-order valence-electron chi connectivity index (χ4n) is 4.05. The number of amides is 1. The highest BCUT2D eigenvalue weighted by molar-refractivity contribution is 7.89. The minimum Gasteiger partial charge on any atom is -0.360 e. The summed E-state index contributed by atoms with van der Waals surface area (Å²) in [7, 11) is -2.08. The molecule has 0 unspecified atom stereocenters. The highest BCUT2D eigenvalue weighted by atomic mass is 32.2. The van der Waals surface area contributed by atoms with Crippen LogP contribution >= 0.6 is 0 Å². The molecule has 0 N–H and O–H groups in total. The highest BCUT2D eigenvalue weighted by Crippen LogP contribution is 2.30. The molecule has 0 radical (unpaired) electrons. The smallest absolute Gasteiger partial charge is 0.248 e. The van der Waals surface area contributed by atoms with Gasteiger partial charge in [0.1, 0.15) is 16.6 Å². The van der Waals surface area contributed by atoms with E-state index in [4.69, 9.17) is 4.52 Å². The predicted molar refractivity (Wildman–Crippen MR) is 114 cm³/mol. The lowest BCUT2D eigenvalue weighted by atomic mass is 9.95. The molecule has 8 nitrogen and oxygen atoms in total. The van der Waals surface area contributed by atoms with E-state index in [0.717, 1.165) is 12.0 Å². The van der Waals surface area contributed by atoms with Crippen LogP contribution in [0, 0.1) is 31.1 Å². The molecule has 166 valence electrons. The Labute approximate surface area is 183 Å². The molecule has 2 aromatic rings. The van der Waals surface area contributed by atoms with Gasteiger partial charge in [-0.3, -0.25) is 4.79 Å². The second kappa shape index (κ2) is 9.20. The monoisotopic (exact) mass is 444 g/mol. The van der Waals surface area contributed by atoms with E-state index >= 15 is 0 Å². The predicted octanol–water partition coefficient (Wildman–Crippen LogP) is 2.98. The van der Waals surface area contributed by atoms with Gasteiger partial charge in [-0.1, -0.05) is 36.3 Å². The zero-order valence-corrected chi connectivity index (χ0v) is 19.1. The van der Waals surface area contributed by atoms with Crippen LogP contribution in [0.15, 0.2) is 33.7 Å². The van der Waals surface area contributed by atoms with Gasteiger partial charge < -0.3 is 9.42 Å². The van der Waals surface area contributed by atoms with Gasteiger partial charge in [0.15, 0.2) is 5.76 Å². The molecule has 3 rings (SSSR count). The van der Waals surface area contributed by atoms with Crippen LogP contribution in [-0.4, -0.2) is 48.8 Å². The highest BCUT2D eigenvalue weighted by Gasteiger charge is 2.37. The Balaban J connectivity index is 1.68. The van der Waals surface area contributed by atoms with Crippen molar-refractivity contribution in [1.29, 1.82) is 5.26 Å². The normalized spacial score (nSPS) is 16.6. The number of carbonyl (C=O) groups excluding carboxylic acids is 1. The van der Waals surface area contributed by atoms with Gasteiger partial charge in [-0.15, -0.1) is 0 Å². The van der Waals surface area contributed by atoms with Gasteiger partial charge in [-0.25, -0.2) is 8.42 Å². The molecule has 1 fully saturated rings. The summed E-state index contributed by atoms with van der Waals surface area (Å²) in [5, 5.41) is 13.4. The molecule has 1 amide bonds. The van der Waals surface area contributed by atoms with Crippen molar-refractivity contribution in [2.24, 2.45) is 5.92 Å². The van der Waals surface area contributed by atoms with Crippen LogP contribution in [0.1, 0.15) is 48.4 Å². The molecule has 1 aliphatic rings. The fraction of sp³-hybridized carbons (Fsp3) is 0.500. The van der Waals surface area contributed by atoms with Crippen LogP contribution in [0.3, 0.4) is 0 Å². The summed E-state index contributed by atoms with van der Waals surface area (Å²) in [5.74, 6) is -0.200. The van der Waals surface area contributed by atoms with Crippen molar-refractivity contribution in [3.05, 3.63) is 46.8 Å². The Morgan fingerprint density at radius 1 is 1.29 bits per heavy atom. The minimum absolute atomic E-state index is 0.106. The van der Waals surface area contributed by atoms with Crippen LogP contribution in [0.5, 0.6) is 0 Å². The van der Waals surface area contributed by atoms with Crippen molar-refractivity contribution in [2.45, 2.75) is 51.0 Å². The van der Waals surface area contributed by atoms with Crippen LogP contribution in [0.4, 0.5) is 0 Å². The first kappa shape index (κ1) is 23.0. The van der Waals surface area contributed by atoms with E-state index in [1.807, 2.05) is 24.3 Å². The summed E-state index contributed by atoms with van der Waals surface area (Å²) in [6.45, 7) is 5.71. The van der Waals surface area contributed by atoms with Crippen molar-refractivity contribution in [1.82, 2.24) is 14.4 Å². The number of carbonyl (C=O) groups is 1. The van der Waals surface area contributed by atoms with E-state index in [9.17, 15) is 18.5 Å². The van der Waals surface area contributed by atoms with E-state index in [1.165, 1.54) is 14.8 Å². The molecule has 0 spiro atoms. The fourth-order valence-corrected chi connectivity index (χ4v) is 5.81. The lowest BCUT2D eigenvalue weighted by Gasteiger charge is -2.33. The van der Waals surface area contributed by atoms with Crippen molar-refractivity contribution in [2.75, 3.05) is 20.1 Å². The molecular weight excluding hydrogens is 416 g/mol. The molecule has 1 aromatic carbocycles. The molecular formula is C22H28N4O4S. The number of aromatic nitrogens is 1. The largest absolute Gasteiger partial charge is 0.360 e. The van der Waals surface area contributed by atoms with Crippen molar-refractivity contribution < 1.29 is 17.7 Å². The molecule has 1 aliphatic heterocycles. The summed E-state index contributed by atoms with van der Waals surface area (Å²) >= 11 is 0. The number of rotatable bonds is 6. The Hall–Kier alpha value is -2.70. The van der Waals surface area contributed by atoms with E-state index in [1.54, 1.807) is 20.9 Å². The Kier molecular flexibility index (Phi) is 6.82. The van der Waals surface area contributed by atoms with Crippen molar-refractivity contribution in [3.63, 3.8) is 0 Å². The lowest BCUT2D eigenvalue weighted by Crippen LogP contribution is -2.44. The number of nitriles is 1. The summed E-state index contributed by atoms with van der Waals surface area (Å²) in [6, 6.07) is 9.25. The molecule has 1 atom stereocenters. The van der Waals surface area contributed by atoms with Crippen LogP contribution in [0.25, 0.3) is 0 Å². The number of benzene rings is 1. The van der Waals surface area contributed by atoms with E-state index < -0.39 is 16.1 Å². The Morgan fingerprint density at radius 2 is 1.90 bits per heavy atom. The van der Waals surface area contributed by atoms with Crippen LogP contribution in [-0.2, 0) is 21.2 Å². The second-order valence-corrected chi connectivity index (χ2v) is 9.78.